The van der Waals surface area contributed by atoms with E-state index in [0.29, 0.717) is 5.04 Å². The lowest BCUT2D eigenvalue weighted by Crippen LogP contribution is -1.95. The van der Waals surface area contributed by atoms with Gasteiger partial charge in [0.05, 0.1) is 12.2 Å². The minimum absolute atomic E-state index is 0.562. The fourth-order valence-corrected chi connectivity index (χ4v) is 3.12. The number of nitrogens with one attached hydrogen (secondary N) is 1. The van der Waals surface area contributed by atoms with Gasteiger partial charge in [0.1, 0.15) is 5.75 Å². The standard InChI is InChI=1S/C19H17NOS/c1-21-18-8-4-7-17(12-18)19(20)22-13-14-9-10-15-5-2-3-6-16(15)11-14/h2-12,20H,13H2,1H3. The van der Waals surface area contributed by atoms with E-state index in [-0.39, 0.29) is 0 Å². The van der Waals surface area contributed by atoms with Gasteiger partial charge < -0.3 is 4.74 Å². The zero-order valence-corrected chi connectivity index (χ0v) is 13.2. The van der Waals surface area contributed by atoms with Gasteiger partial charge >= 0.3 is 0 Å². The molecule has 0 bridgehead atoms. The molecule has 2 nitrogen and oxygen atoms in total. The Morgan fingerprint density at radius 3 is 2.59 bits per heavy atom. The van der Waals surface area contributed by atoms with Crippen molar-refractivity contribution in [2.24, 2.45) is 0 Å². The van der Waals surface area contributed by atoms with Crippen molar-refractivity contribution in [3.8, 4) is 5.75 Å². The van der Waals surface area contributed by atoms with E-state index in [4.69, 9.17) is 10.1 Å². The van der Waals surface area contributed by atoms with E-state index in [1.54, 1.807) is 7.11 Å². The van der Waals surface area contributed by atoms with Crippen molar-refractivity contribution in [3.05, 3.63) is 77.9 Å². The Morgan fingerprint density at radius 2 is 1.77 bits per heavy atom. The Labute approximate surface area is 134 Å². The van der Waals surface area contributed by atoms with Crippen molar-refractivity contribution in [1.82, 2.24) is 0 Å². The lowest BCUT2D eigenvalue weighted by molar-refractivity contribution is 0.414. The molecule has 3 heteroatoms. The largest absolute Gasteiger partial charge is 0.497 e. The summed E-state index contributed by atoms with van der Waals surface area (Å²) in [5, 5.41) is 11.3. The van der Waals surface area contributed by atoms with Gasteiger partial charge in [-0.1, -0.05) is 54.6 Å². The molecule has 0 aliphatic heterocycles. The Bertz CT molecular complexity index is 813. The van der Waals surface area contributed by atoms with Crippen LogP contribution in [0.4, 0.5) is 0 Å². The van der Waals surface area contributed by atoms with Crippen molar-refractivity contribution >= 4 is 27.6 Å². The van der Waals surface area contributed by atoms with E-state index in [0.717, 1.165) is 17.1 Å². The first-order chi connectivity index (χ1) is 10.8. The lowest BCUT2D eigenvalue weighted by Gasteiger charge is -2.07. The van der Waals surface area contributed by atoms with Gasteiger partial charge in [0, 0.05) is 11.3 Å². The molecular formula is C19H17NOS. The third-order valence-electron chi connectivity index (χ3n) is 3.53. The van der Waals surface area contributed by atoms with Gasteiger partial charge in [-0.3, -0.25) is 5.41 Å². The molecule has 0 saturated heterocycles. The molecule has 3 aromatic rings. The lowest BCUT2D eigenvalue weighted by atomic mass is 10.1. The molecule has 0 unspecified atom stereocenters. The van der Waals surface area contributed by atoms with E-state index >= 15 is 0 Å². The minimum atomic E-state index is 0.562. The third kappa shape index (κ3) is 3.31. The first-order valence-electron chi connectivity index (χ1n) is 7.10. The van der Waals surface area contributed by atoms with Crippen molar-refractivity contribution in [2.45, 2.75) is 5.75 Å². The van der Waals surface area contributed by atoms with Gasteiger partial charge in [-0.15, -0.1) is 11.8 Å². The highest BCUT2D eigenvalue weighted by molar-refractivity contribution is 8.13. The van der Waals surface area contributed by atoms with Gasteiger partial charge in [0.25, 0.3) is 0 Å². The van der Waals surface area contributed by atoms with Crippen LogP contribution in [0.3, 0.4) is 0 Å². The molecule has 0 aliphatic rings. The van der Waals surface area contributed by atoms with Crippen LogP contribution in [0.5, 0.6) is 5.75 Å². The van der Waals surface area contributed by atoms with Crippen LogP contribution in [0.1, 0.15) is 11.1 Å². The van der Waals surface area contributed by atoms with Gasteiger partial charge in [-0.2, -0.15) is 0 Å². The quantitative estimate of drug-likeness (QED) is 0.537. The average molecular weight is 307 g/mol. The summed E-state index contributed by atoms with van der Waals surface area (Å²) < 4.78 is 5.21. The topological polar surface area (TPSA) is 33.1 Å². The van der Waals surface area contributed by atoms with Crippen LogP contribution in [-0.4, -0.2) is 12.2 Å². The van der Waals surface area contributed by atoms with Crippen LogP contribution in [0, 0.1) is 5.41 Å². The van der Waals surface area contributed by atoms with Gasteiger partial charge in [0.15, 0.2) is 0 Å². The highest BCUT2D eigenvalue weighted by Crippen LogP contribution is 2.23. The second kappa shape index (κ2) is 6.67. The Kier molecular flexibility index (Phi) is 4.45. The summed E-state index contributed by atoms with van der Waals surface area (Å²) in [5.41, 5.74) is 2.13. The first kappa shape index (κ1) is 14.7. The van der Waals surface area contributed by atoms with Crippen LogP contribution < -0.4 is 4.74 Å². The first-order valence-corrected chi connectivity index (χ1v) is 8.08. The Balaban J connectivity index is 1.71. The van der Waals surface area contributed by atoms with Crippen molar-refractivity contribution in [1.29, 1.82) is 5.41 Å². The molecule has 0 atom stereocenters. The monoisotopic (exact) mass is 307 g/mol. The number of benzene rings is 3. The fraction of sp³-hybridized carbons (Fsp3) is 0.105. The predicted octanol–water partition coefficient (Wildman–Crippen LogP) is 5.11. The predicted molar refractivity (Wildman–Crippen MR) is 95.1 cm³/mol. The SMILES string of the molecule is COc1cccc(C(=N)SCc2ccc3ccccc3c2)c1. The molecule has 0 amide bonds. The van der Waals surface area contributed by atoms with E-state index in [2.05, 4.69) is 42.5 Å². The molecule has 0 heterocycles. The van der Waals surface area contributed by atoms with E-state index in [9.17, 15) is 0 Å². The van der Waals surface area contributed by atoms with Crippen molar-refractivity contribution < 1.29 is 4.74 Å². The second-order valence-corrected chi connectivity index (χ2v) is 6.02. The van der Waals surface area contributed by atoms with Gasteiger partial charge in [0.2, 0.25) is 0 Å². The maximum absolute atomic E-state index is 8.22. The number of thioether (sulfide) groups is 1. The fourth-order valence-electron chi connectivity index (χ4n) is 2.33. The van der Waals surface area contributed by atoms with Gasteiger partial charge in [-0.25, -0.2) is 0 Å². The molecule has 0 aliphatic carbocycles. The molecule has 0 saturated carbocycles. The van der Waals surface area contributed by atoms with Crippen LogP contribution in [0.25, 0.3) is 10.8 Å². The van der Waals surface area contributed by atoms with Crippen molar-refractivity contribution in [3.63, 3.8) is 0 Å². The average Bonchev–Trinajstić information content (AvgIpc) is 2.59. The third-order valence-corrected chi connectivity index (χ3v) is 4.53. The Morgan fingerprint density at radius 1 is 0.955 bits per heavy atom. The summed E-state index contributed by atoms with van der Waals surface area (Å²) in [6.45, 7) is 0. The maximum Gasteiger partial charge on any atom is 0.119 e. The maximum atomic E-state index is 8.22. The number of fused-ring (bicyclic) bond motifs is 1. The van der Waals surface area contributed by atoms with Crippen LogP contribution in [-0.2, 0) is 5.75 Å². The molecule has 1 N–H and O–H groups in total. The summed E-state index contributed by atoms with van der Waals surface area (Å²) in [4.78, 5) is 0. The zero-order chi connectivity index (χ0) is 15.4. The number of hydrogen-bond donors (Lipinski definition) is 1. The smallest absolute Gasteiger partial charge is 0.119 e. The normalized spacial score (nSPS) is 10.6. The molecule has 0 fully saturated rings. The van der Waals surface area contributed by atoms with E-state index in [1.165, 1.54) is 28.1 Å². The summed E-state index contributed by atoms with van der Waals surface area (Å²) in [5.74, 6) is 1.58. The molecular weight excluding hydrogens is 290 g/mol. The number of rotatable bonds is 4. The summed E-state index contributed by atoms with van der Waals surface area (Å²) >= 11 is 1.54. The molecule has 0 aromatic heterocycles. The second-order valence-electron chi connectivity index (χ2n) is 5.03. The van der Waals surface area contributed by atoms with Crippen LogP contribution in [0.15, 0.2) is 66.7 Å². The molecule has 3 rings (SSSR count). The van der Waals surface area contributed by atoms with Crippen LogP contribution in [0.2, 0.25) is 0 Å². The molecule has 110 valence electrons. The molecule has 0 radical (unpaired) electrons. The Hall–Kier alpha value is -2.26. The van der Waals surface area contributed by atoms with E-state index < -0.39 is 0 Å². The molecule has 22 heavy (non-hydrogen) atoms. The number of methoxy groups -OCH3 is 1. The number of ether oxygens (including phenoxy) is 1. The van der Waals surface area contributed by atoms with Gasteiger partial charge in [-0.05, 0) is 28.5 Å². The highest BCUT2D eigenvalue weighted by Gasteiger charge is 2.05. The summed E-state index contributed by atoms with van der Waals surface area (Å²) in [7, 11) is 1.64. The van der Waals surface area contributed by atoms with Crippen LogP contribution >= 0.6 is 11.8 Å². The minimum Gasteiger partial charge on any atom is -0.497 e. The summed E-state index contributed by atoms with van der Waals surface area (Å²) in [6.07, 6.45) is 0. The highest BCUT2D eigenvalue weighted by atomic mass is 32.2. The number of hydrogen-bond acceptors (Lipinski definition) is 3. The summed E-state index contributed by atoms with van der Waals surface area (Å²) in [6, 6.07) is 22.5. The zero-order valence-electron chi connectivity index (χ0n) is 12.4. The molecule has 0 spiro atoms. The molecule has 3 aromatic carbocycles. The van der Waals surface area contributed by atoms with Crippen molar-refractivity contribution in [2.75, 3.05) is 7.11 Å². The van der Waals surface area contributed by atoms with E-state index in [1.807, 2.05) is 24.3 Å².